The lowest BCUT2D eigenvalue weighted by molar-refractivity contribution is -0.143. The Balaban J connectivity index is 1.70. The van der Waals surface area contributed by atoms with Gasteiger partial charge in [0, 0.05) is 18.8 Å². The lowest BCUT2D eigenvalue weighted by Crippen LogP contribution is -2.05. The molecule has 0 aliphatic carbocycles. The number of aliphatic hydroxyl groups is 1. The lowest BCUT2D eigenvalue weighted by atomic mass is 10.00. The Morgan fingerprint density at radius 3 is 2.60 bits per heavy atom. The average molecular weight is 341 g/mol. The zero-order valence-electron chi connectivity index (χ0n) is 14.9. The summed E-state index contributed by atoms with van der Waals surface area (Å²) in [5, 5.41) is 10.3. The molecule has 1 atom stereocenters. The predicted octanol–water partition coefficient (Wildman–Crippen LogP) is 4.02. The van der Waals surface area contributed by atoms with Crippen molar-refractivity contribution in [1.82, 2.24) is 4.98 Å². The van der Waals surface area contributed by atoms with E-state index in [4.69, 9.17) is 4.74 Å². The fraction of sp³-hybridized carbons (Fsp3) is 0.429. The van der Waals surface area contributed by atoms with Crippen molar-refractivity contribution in [2.75, 3.05) is 6.61 Å². The van der Waals surface area contributed by atoms with Crippen molar-refractivity contribution in [3.8, 4) is 0 Å². The molecule has 1 aromatic heterocycles. The summed E-state index contributed by atoms with van der Waals surface area (Å²) in [4.78, 5) is 15.5. The standard InChI is InChI=1S/C21H27NO3/c1-2-25-21(24)14-11-17-9-12-19(13-10-17)20(23)8-4-3-6-18-7-5-15-22-16-18/h5,7,9-10,12-13,15-16,20,23H,2-4,6,8,11,14H2,1H3. The molecule has 1 heterocycles. The van der Waals surface area contributed by atoms with E-state index in [1.54, 1.807) is 6.20 Å². The minimum Gasteiger partial charge on any atom is -0.466 e. The summed E-state index contributed by atoms with van der Waals surface area (Å²) in [6.07, 6.45) is 8.06. The molecule has 0 aliphatic heterocycles. The van der Waals surface area contributed by atoms with Crippen molar-refractivity contribution >= 4 is 5.97 Å². The quantitative estimate of drug-likeness (QED) is 0.524. The van der Waals surface area contributed by atoms with Gasteiger partial charge in [-0.3, -0.25) is 9.78 Å². The van der Waals surface area contributed by atoms with Crippen molar-refractivity contribution in [3.05, 3.63) is 65.5 Å². The first kappa shape index (κ1) is 19.1. The molecule has 0 radical (unpaired) electrons. The maximum Gasteiger partial charge on any atom is 0.306 e. The van der Waals surface area contributed by atoms with Crippen molar-refractivity contribution in [2.24, 2.45) is 0 Å². The van der Waals surface area contributed by atoms with E-state index >= 15 is 0 Å². The number of ether oxygens (including phenoxy) is 1. The van der Waals surface area contributed by atoms with Gasteiger partial charge in [-0.2, -0.15) is 0 Å². The molecule has 4 nitrogen and oxygen atoms in total. The van der Waals surface area contributed by atoms with Gasteiger partial charge in [0.25, 0.3) is 0 Å². The second-order valence-corrected chi connectivity index (χ2v) is 6.17. The van der Waals surface area contributed by atoms with E-state index in [0.29, 0.717) is 19.4 Å². The molecular formula is C21H27NO3. The Morgan fingerprint density at radius 2 is 1.92 bits per heavy atom. The molecule has 0 saturated carbocycles. The average Bonchev–Trinajstić information content (AvgIpc) is 2.65. The van der Waals surface area contributed by atoms with Crippen LogP contribution in [0.1, 0.15) is 55.4 Å². The largest absolute Gasteiger partial charge is 0.466 e. The van der Waals surface area contributed by atoms with Crippen LogP contribution >= 0.6 is 0 Å². The molecule has 1 aromatic carbocycles. The summed E-state index contributed by atoms with van der Waals surface area (Å²) in [6, 6.07) is 11.9. The fourth-order valence-electron chi connectivity index (χ4n) is 2.77. The first-order valence-corrected chi connectivity index (χ1v) is 9.00. The van der Waals surface area contributed by atoms with Gasteiger partial charge in [0.05, 0.1) is 12.7 Å². The van der Waals surface area contributed by atoms with E-state index in [2.05, 4.69) is 11.1 Å². The first-order chi connectivity index (χ1) is 12.2. The van der Waals surface area contributed by atoms with Gasteiger partial charge in [0.1, 0.15) is 0 Å². The molecular weight excluding hydrogens is 314 g/mol. The molecule has 134 valence electrons. The smallest absolute Gasteiger partial charge is 0.306 e. The van der Waals surface area contributed by atoms with Crippen LogP contribution in [0.2, 0.25) is 0 Å². The highest BCUT2D eigenvalue weighted by atomic mass is 16.5. The third-order valence-electron chi connectivity index (χ3n) is 4.20. The summed E-state index contributed by atoms with van der Waals surface area (Å²) >= 11 is 0. The molecule has 0 fully saturated rings. The van der Waals surface area contributed by atoms with Crippen LogP contribution in [0.4, 0.5) is 0 Å². The molecule has 0 spiro atoms. The molecule has 2 aromatic rings. The molecule has 0 bridgehead atoms. The van der Waals surface area contributed by atoms with Crippen LogP contribution in [0.25, 0.3) is 0 Å². The van der Waals surface area contributed by atoms with E-state index in [1.165, 1.54) is 5.56 Å². The monoisotopic (exact) mass is 341 g/mol. The SMILES string of the molecule is CCOC(=O)CCc1ccc(C(O)CCCCc2cccnc2)cc1. The van der Waals surface area contributed by atoms with Crippen LogP contribution in [0, 0.1) is 0 Å². The number of hydrogen-bond donors (Lipinski definition) is 1. The predicted molar refractivity (Wildman–Crippen MR) is 98.1 cm³/mol. The Bertz CT molecular complexity index is 625. The zero-order valence-corrected chi connectivity index (χ0v) is 14.9. The van der Waals surface area contributed by atoms with Gasteiger partial charge >= 0.3 is 5.97 Å². The van der Waals surface area contributed by atoms with Gasteiger partial charge in [-0.1, -0.05) is 36.8 Å². The number of pyridine rings is 1. The van der Waals surface area contributed by atoms with Crippen molar-refractivity contribution in [1.29, 1.82) is 0 Å². The normalized spacial score (nSPS) is 11.9. The minimum absolute atomic E-state index is 0.166. The Morgan fingerprint density at radius 1 is 1.12 bits per heavy atom. The van der Waals surface area contributed by atoms with E-state index < -0.39 is 6.10 Å². The van der Waals surface area contributed by atoms with Gasteiger partial charge in [-0.15, -0.1) is 0 Å². The number of carbonyl (C=O) groups excluding carboxylic acids is 1. The third kappa shape index (κ3) is 7.06. The summed E-state index contributed by atoms with van der Waals surface area (Å²) in [7, 11) is 0. The molecule has 1 unspecified atom stereocenters. The van der Waals surface area contributed by atoms with Crippen LogP contribution < -0.4 is 0 Å². The van der Waals surface area contributed by atoms with Crippen molar-refractivity contribution in [3.63, 3.8) is 0 Å². The second kappa shape index (κ2) is 10.6. The van der Waals surface area contributed by atoms with Gasteiger partial charge in [0.2, 0.25) is 0 Å². The van der Waals surface area contributed by atoms with Crippen LogP contribution in [-0.4, -0.2) is 22.7 Å². The number of rotatable bonds is 10. The van der Waals surface area contributed by atoms with Gasteiger partial charge < -0.3 is 9.84 Å². The Hall–Kier alpha value is -2.20. The van der Waals surface area contributed by atoms with Crippen LogP contribution in [-0.2, 0) is 22.4 Å². The molecule has 2 rings (SSSR count). The van der Waals surface area contributed by atoms with Gasteiger partial charge in [-0.05, 0) is 55.4 Å². The number of aromatic nitrogens is 1. The highest BCUT2D eigenvalue weighted by Crippen LogP contribution is 2.20. The lowest BCUT2D eigenvalue weighted by Gasteiger charge is -2.12. The molecule has 0 aliphatic rings. The molecule has 1 N–H and O–H groups in total. The summed E-state index contributed by atoms with van der Waals surface area (Å²) < 4.78 is 4.93. The number of hydrogen-bond acceptors (Lipinski definition) is 4. The summed E-state index contributed by atoms with van der Waals surface area (Å²) in [6.45, 7) is 2.23. The van der Waals surface area contributed by atoms with E-state index in [-0.39, 0.29) is 5.97 Å². The molecule has 25 heavy (non-hydrogen) atoms. The zero-order chi connectivity index (χ0) is 17.9. The first-order valence-electron chi connectivity index (χ1n) is 9.00. The van der Waals surface area contributed by atoms with Crippen molar-refractivity contribution < 1.29 is 14.6 Å². The van der Waals surface area contributed by atoms with Crippen LogP contribution in [0.15, 0.2) is 48.8 Å². The maximum absolute atomic E-state index is 11.4. The number of nitrogens with zero attached hydrogens (tertiary/aromatic N) is 1. The Labute approximate surface area is 149 Å². The summed E-state index contributed by atoms with van der Waals surface area (Å²) in [5.74, 6) is -0.166. The fourth-order valence-corrected chi connectivity index (χ4v) is 2.77. The highest BCUT2D eigenvalue weighted by molar-refractivity contribution is 5.69. The Kier molecular flexibility index (Phi) is 8.13. The van der Waals surface area contributed by atoms with Gasteiger partial charge in [0.15, 0.2) is 0 Å². The molecule has 0 saturated heterocycles. The number of aliphatic hydroxyl groups excluding tert-OH is 1. The van der Waals surface area contributed by atoms with Crippen LogP contribution in [0.3, 0.4) is 0 Å². The number of aryl methyl sites for hydroxylation is 2. The summed E-state index contributed by atoms with van der Waals surface area (Å²) in [5.41, 5.74) is 3.25. The molecule has 0 amide bonds. The third-order valence-corrected chi connectivity index (χ3v) is 4.20. The van der Waals surface area contributed by atoms with E-state index in [1.807, 2.05) is 43.5 Å². The second-order valence-electron chi connectivity index (χ2n) is 6.17. The van der Waals surface area contributed by atoms with Crippen molar-refractivity contribution in [2.45, 2.75) is 51.6 Å². The molecule has 4 heteroatoms. The number of unbranched alkanes of at least 4 members (excludes halogenated alkanes) is 1. The van der Waals surface area contributed by atoms with Crippen LogP contribution in [0.5, 0.6) is 0 Å². The topological polar surface area (TPSA) is 59.4 Å². The number of benzene rings is 1. The number of esters is 1. The number of carbonyl (C=O) groups is 1. The van der Waals surface area contributed by atoms with Gasteiger partial charge in [-0.25, -0.2) is 0 Å². The van der Waals surface area contributed by atoms with E-state index in [0.717, 1.165) is 36.8 Å². The van der Waals surface area contributed by atoms with E-state index in [9.17, 15) is 9.90 Å². The minimum atomic E-state index is -0.437. The maximum atomic E-state index is 11.4. The highest BCUT2D eigenvalue weighted by Gasteiger charge is 2.08.